The van der Waals surface area contributed by atoms with Crippen LogP contribution in [0.5, 0.6) is 17.2 Å². The summed E-state index contributed by atoms with van der Waals surface area (Å²) in [5.74, 6) is 1.19. The second kappa shape index (κ2) is 13.2. The van der Waals surface area contributed by atoms with Crippen LogP contribution in [0.3, 0.4) is 0 Å². The summed E-state index contributed by atoms with van der Waals surface area (Å²) in [5, 5.41) is 18.5. The van der Waals surface area contributed by atoms with E-state index in [1.165, 1.54) is 6.07 Å². The zero-order valence-corrected chi connectivity index (χ0v) is 23.9. The molecule has 210 valence electrons. The van der Waals surface area contributed by atoms with Crippen LogP contribution in [-0.2, 0) is 4.74 Å². The summed E-state index contributed by atoms with van der Waals surface area (Å²) in [6, 6.07) is 10.2. The number of nitrogens with zero attached hydrogens (tertiary/aromatic N) is 2. The van der Waals surface area contributed by atoms with Gasteiger partial charge in [0.05, 0.1) is 25.4 Å². The van der Waals surface area contributed by atoms with Crippen LogP contribution < -0.4 is 9.47 Å². The third kappa shape index (κ3) is 6.50. The van der Waals surface area contributed by atoms with Crippen molar-refractivity contribution in [2.75, 3.05) is 26.4 Å². The summed E-state index contributed by atoms with van der Waals surface area (Å²) >= 11 is 6.27. The standard InChI is InChI=1S/C30H38ClN3O5/c1-5-7-8-15-39-24-13-10-20(17-25(24)37-6-2)29-26-27(22-18-21(31)11-12-23(22)35)32-33-28(26)30(36)34(29)14-9-16-38-19(3)4/h10-13,17-19,29,35H,5-9,14-16H2,1-4H3,(H,32,33). The quantitative estimate of drug-likeness (QED) is 0.213. The van der Waals surface area contributed by atoms with Crippen LogP contribution >= 0.6 is 11.6 Å². The molecule has 3 aromatic rings. The van der Waals surface area contributed by atoms with Gasteiger partial charge in [0.15, 0.2) is 11.5 Å². The fraction of sp³-hybridized carbons (Fsp3) is 0.467. The van der Waals surface area contributed by atoms with E-state index in [9.17, 15) is 9.90 Å². The van der Waals surface area contributed by atoms with Gasteiger partial charge in [-0.1, -0.05) is 37.4 Å². The molecule has 1 aromatic heterocycles. The number of aromatic hydroxyl groups is 1. The van der Waals surface area contributed by atoms with Crippen molar-refractivity contribution in [2.24, 2.45) is 0 Å². The number of carbonyl (C=O) groups excluding carboxylic acids is 1. The second-order valence-electron chi connectivity index (χ2n) is 9.89. The molecule has 0 aliphatic carbocycles. The molecule has 0 bridgehead atoms. The zero-order chi connectivity index (χ0) is 27.9. The third-order valence-electron chi connectivity index (χ3n) is 6.66. The van der Waals surface area contributed by atoms with E-state index < -0.39 is 6.04 Å². The molecule has 0 fully saturated rings. The highest BCUT2D eigenvalue weighted by Gasteiger charge is 2.42. The number of H-pyrrole nitrogens is 1. The summed E-state index contributed by atoms with van der Waals surface area (Å²) < 4.78 is 17.8. The number of nitrogens with one attached hydrogen (secondary N) is 1. The number of hydrogen-bond donors (Lipinski definition) is 2. The predicted molar refractivity (Wildman–Crippen MR) is 152 cm³/mol. The summed E-state index contributed by atoms with van der Waals surface area (Å²) in [7, 11) is 0. The zero-order valence-electron chi connectivity index (χ0n) is 23.1. The van der Waals surface area contributed by atoms with Gasteiger partial charge in [-0.3, -0.25) is 9.89 Å². The first kappa shape index (κ1) is 28.8. The molecule has 1 atom stereocenters. The van der Waals surface area contributed by atoms with Crippen LogP contribution in [0.4, 0.5) is 0 Å². The molecule has 2 N–H and O–H groups in total. The molecule has 4 rings (SSSR count). The van der Waals surface area contributed by atoms with Gasteiger partial charge in [0.2, 0.25) is 0 Å². The minimum Gasteiger partial charge on any atom is -0.507 e. The van der Waals surface area contributed by atoms with Crippen molar-refractivity contribution in [1.29, 1.82) is 0 Å². The molecule has 1 aliphatic heterocycles. The molecule has 0 radical (unpaired) electrons. The number of rotatable bonds is 14. The smallest absolute Gasteiger partial charge is 0.273 e. The van der Waals surface area contributed by atoms with Crippen molar-refractivity contribution in [3.8, 4) is 28.5 Å². The van der Waals surface area contributed by atoms with Crippen LogP contribution in [0, 0.1) is 0 Å². The highest BCUT2D eigenvalue weighted by Crippen LogP contribution is 2.46. The number of unbranched alkanes of at least 4 members (excludes halogenated alkanes) is 2. The maximum Gasteiger partial charge on any atom is 0.273 e. The molecular weight excluding hydrogens is 518 g/mol. The minimum absolute atomic E-state index is 0.0366. The van der Waals surface area contributed by atoms with Gasteiger partial charge < -0.3 is 24.2 Å². The van der Waals surface area contributed by atoms with Crippen LogP contribution in [-0.4, -0.2) is 58.6 Å². The molecule has 1 unspecified atom stereocenters. The van der Waals surface area contributed by atoms with E-state index in [0.29, 0.717) is 71.8 Å². The van der Waals surface area contributed by atoms with Crippen LogP contribution in [0.2, 0.25) is 5.02 Å². The molecule has 1 aliphatic rings. The van der Waals surface area contributed by atoms with Gasteiger partial charge in [-0.2, -0.15) is 5.10 Å². The van der Waals surface area contributed by atoms with Crippen LogP contribution in [0.1, 0.15) is 81.0 Å². The number of aromatic nitrogens is 2. The Bertz CT molecular complexity index is 1280. The molecule has 39 heavy (non-hydrogen) atoms. The Balaban J connectivity index is 1.75. The van der Waals surface area contributed by atoms with Crippen molar-refractivity contribution in [3.63, 3.8) is 0 Å². The number of fused-ring (bicyclic) bond motifs is 1. The van der Waals surface area contributed by atoms with Gasteiger partial charge in [-0.15, -0.1) is 0 Å². The molecule has 0 saturated heterocycles. The van der Waals surface area contributed by atoms with Gasteiger partial charge in [-0.05, 0) is 69.5 Å². The van der Waals surface area contributed by atoms with Gasteiger partial charge in [-0.25, -0.2) is 0 Å². The van der Waals surface area contributed by atoms with Gasteiger partial charge >= 0.3 is 0 Å². The Morgan fingerprint density at radius 2 is 1.87 bits per heavy atom. The van der Waals surface area contributed by atoms with E-state index >= 15 is 0 Å². The minimum atomic E-state index is -0.452. The first-order chi connectivity index (χ1) is 18.8. The average molecular weight is 556 g/mol. The van der Waals surface area contributed by atoms with Gasteiger partial charge in [0.25, 0.3) is 5.91 Å². The van der Waals surface area contributed by atoms with E-state index in [2.05, 4.69) is 17.1 Å². The lowest BCUT2D eigenvalue weighted by molar-refractivity contribution is 0.0601. The number of hydrogen-bond acceptors (Lipinski definition) is 6. The Morgan fingerprint density at radius 1 is 1.05 bits per heavy atom. The van der Waals surface area contributed by atoms with E-state index in [1.54, 1.807) is 12.1 Å². The highest BCUT2D eigenvalue weighted by atomic mass is 35.5. The number of carbonyl (C=O) groups is 1. The number of ether oxygens (including phenoxy) is 3. The topological polar surface area (TPSA) is 96.9 Å². The maximum atomic E-state index is 13.7. The van der Waals surface area contributed by atoms with Gasteiger partial charge in [0.1, 0.15) is 17.1 Å². The maximum absolute atomic E-state index is 13.7. The molecule has 2 aromatic carbocycles. The normalized spacial score (nSPS) is 14.8. The second-order valence-corrected chi connectivity index (χ2v) is 10.3. The number of benzene rings is 2. The number of halogens is 1. The Labute approximate surface area is 235 Å². The number of phenols is 1. The monoisotopic (exact) mass is 555 g/mol. The van der Waals surface area contributed by atoms with Crippen molar-refractivity contribution in [2.45, 2.75) is 65.5 Å². The first-order valence-corrected chi connectivity index (χ1v) is 14.1. The van der Waals surface area contributed by atoms with Crippen LogP contribution in [0.15, 0.2) is 36.4 Å². The highest BCUT2D eigenvalue weighted by molar-refractivity contribution is 6.31. The summed E-state index contributed by atoms with van der Waals surface area (Å²) in [4.78, 5) is 15.5. The molecule has 2 heterocycles. The lowest BCUT2D eigenvalue weighted by atomic mass is 9.95. The lowest BCUT2D eigenvalue weighted by Crippen LogP contribution is -2.31. The SMILES string of the molecule is CCCCCOc1ccc(C2c3c(-c4cc(Cl)ccc4O)n[nH]c3C(=O)N2CCCOC(C)C)cc1OCC. The molecule has 0 spiro atoms. The van der Waals surface area contributed by atoms with E-state index in [-0.39, 0.29) is 17.8 Å². The van der Waals surface area contributed by atoms with E-state index in [4.69, 9.17) is 25.8 Å². The molecule has 8 nitrogen and oxygen atoms in total. The Morgan fingerprint density at radius 3 is 2.62 bits per heavy atom. The fourth-order valence-corrected chi connectivity index (χ4v) is 5.02. The number of aromatic amines is 1. The van der Waals surface area contributed by atoms with Crippen molar-refractivity contribution in [3.05, 3.63) is 58.2 Å². The van der Waals surface area contributed by atoms with Gasteiger partial charge in [0, 0.05) is 29.3 Å². The van der Waals surface area contributed by atoms with E-state index in [1.807, 2.05) is 43.9 Å². The molecule has 1 amide bonds. The van der Waals surface area contributed by atoms with Crippen molar-refractivity contribution in [1.82, 2.24) is 15.1 Å². The van der Waals surface area contributed by atoms with Crippen LogP contribution in [0.25, 0.3) is 11.3 Å². The predicted octanol–water partition coefficient (Wildman–Crippen LogP) is 6.76. The third-order valence-corrected chi connectivity index (χ3v) is 6.90. The van der Waals surface area contributed by atoms with E-state index in [0.717, 1.165) is 24.8 Å². The fourth-order valence-electron chi connectivity index (χ4n) is 4.85. The average Bonchev–Trinajstić information content (AvgIpc) is 3.45. The summed E-state index contributed by atoms with van der Waals surface area (Å²) in [5.41, 5.74) is 2.91. The van der Waals surface area contributed by atoms with Crippen molar-refractivity contribution < 1.29 is 24.1 Å². The first-order valence-electron chi connectivity index (χ1n) is 13.7. The number of phenolic OH excluding ortho intramolecular Hbond substituents is 1. The largest absolute Gasteiger partial charge is 0.507 e. The molecule has 0 saturated carbocycles. The Kier molecular flexibility index (Phi) is 9.75. The summed E-state index contributed by atoms with van der Waals surface area (Å²) in [6.07, 6.45) is 3.98. The Hall–Kier alpha value is -3.23. The molecular formula is C30H38ClN3O5. The summed E-state index contributed by atoms with van der Waals surface area (Å²) in [6.45, 7) is 10.2. The molecule has 9 heteroatoms. The number of amides is 1. The van der Waals surface area contributed by atoms with Crippen molar-refractivity contribution >= 4 is 17.5 Å². The lowest BCUT2D eigenvalue weighted by Gasteiger charge is -2.27.